The third kappa shape index (κ3) is 2.49. The van der Waals surface area contributed by atoms with E-state index >= 15 is 0 Å². The zero-order valence-corrected chi connectivity index (χ0v) is 12.0. The molecule has 0 amide bonds. The third-order valence-corrected chi connectivity index (χ3v) is 4.65. The molecule has 0 saturated carbocycles. The second kappa shape index (κ2) is 5.14. The zero-order valence-electron chi connectivity index (χ0n) is 12.0. The van der Waals surface area contributed by atoms with Gasteiger partial charge < -0.3 is 10.1 Å². The van der Waals surface area contributed by atoms with Crippen LogP contribution in [0.4, 0.5) is 0 Å². The van der Waals surface area contributed by atoms with Crippen molar-refractivity contribution in [3.8, 4) is 5.75 Å². The van der Waals surface area contributed by atoms with Gasteiger partial charge in [-0.15, -0.1) is 0 Å². The highest BCUT2D eigenvalue weighted by Crippen LogP contribution is 2.37. The fourth-order valence-electron chi connectivity index (χ4n) is 3.29. The highest BCUT2D eigenvalue weighted by atomic mass is 16.5. The first-order chi connectivity index (χ1) is 9.22. The van der Waals surface area contributed by atoms with E-state index in [0.29, 0.717) is 6.04 Å². The SMILES string of the molecule is CCC1(C)CN(C2CCOc3ccccc32)CCN1. The number of nitrogens with one attached hydrogen (secondary N) is 1. The van der Waals surface area contributed by atoms with E-state index < -0.39 is 0 Å². The van der Waals surface area contributed by atoms with E-state index in [1.165, 1.54) is 12.0 Å². The molecule has 0 radical (unpaired) electrons. The van der Waals surface area contributed by atoms with E-state index in [4.69, 9.17) is 4.74 Å². The highest BCUT2D eigenvalue weighted by molar-refractivity contribution is 5.37. The van der Waals surface area contributed by atoms with E-state index in [9.17, 15) is 0 Å². The van der Waals surface area contributed by atoms with Gasteiger partial charge in [-0.1, -0.05) is 25.1 Å². The van der Waals surface area contributed by atoms with Gasteiger partial charge in [0.2, 0.25) is 0 Å². The van der Waals surface area contributed by atoms with Gasteiger partial charge in [0, 0.05) is 43.2 Å². The number of nitrogens with zero attached hydrogens (tertiary/aromatic N) is 1. The molecule has 3 heteroatoms. The standard InChI is InChI=1S/C16H24N2O/c1-3-16(2)12-18(10-9-17-16)14-8-11-19-15-7-5-4-6-13(14)15/h4-7,14,17H,3,8-12H2,1-2H3. The summed E-state index contributed by atoms with van der Waals surface area (Å²) in [5.74, 6) is 1.08. The Labute approximate surface area is 115 Å². The van der Waals surface area contributed by atoms with Crippen molar-refractivity contribution in [1.29, 1.82) is 0 Å². The maximum Gasteiger partial charge on any atom is 0.124 e. The van der Waals surface area contributed by atoms with Crippen LogP contribution in [-0.4, -0.2) is 36.7 Å². The van der Waals surface area contributed by atoms with Crippen molar-refractivity contribution in [3.05, 3.63) is 29.8 Å². The van der Waals surface area contributed by atoms with Gasteiger partial charge in [-0.3, -0.25) is 4.90 Å². The monoisotopic (exact) mass is 260 g/mol. The number of fused-ring (bicyclic) bond motifs is 1. The molecular weight excluding hydrogens is 236 g/mol. The van der Waals surface area contributed by atoms with Gasteiger partial charge in [0.25, 0.3) is 0 Å². The largest absolute Gasteiger partial charge is 0.493 e. The van der Waals surface area contributed by atoms with Gasteiger partial charge in [-0.2, -0.15) is 0 Å². The number of benzene rings is 1. The lowest BCUT2D eigenvalue weighted by atomic mass is 9.91. The van der Waals surface area contributed by atoms with Crippen molar-refractivity contribution in [2.24, 2.45) is 0 Å². The predicted molar refractivity (Wildman–Crippen MR) is 77.6 cm³/mol. The Bertz CT molecular complexity index is 448. The van der Waals surface area contributed by atoms with E-state index in [1.807, 2.05) is 0 Å². The number of hydrogen-bond acceptors (Lipinski definition) is 3. The van der Waals surface area contributed by atoms with Crippen LogP contribution in [0.15, 0.2) is 24.3 Å². The maximum atomic E-state index is 5.78. The smallest absolute Gasteiger partial charge is 0.124 e. The van der Waals surface area contributed by atoms with Gasteiger partial charge in [-0.25, -0.2) is 0 Å². The Balaban J connectivity index is 1.83. The lowest BCUT2D eigenvalue weighted by Gasteiger charge is -2.45. The molecule has 1 N–H and O–H groups in total. The second-order valence-electron chi connectivity index (χ2n) is 6.00. The Hall–Kier alpha value is -1.06. The fourth-order valence-corrected chi connectivity index (χ4v) is 3.29. The zero-order chi connectivity index (χ0) is 13.3. The van der Waals surface area contributed by atoms with E-state index in [-0.39, 0.29) is 5.54 Å². The van der Waals surface area contributed by atoms with Crippen LogP contribution >= 0.6 is 0 Å². The summed E-state index contributed by atoms with van der Waals surface area (Å²) in [6, 6.07) is 9.04. The number of rotatable bonds is 2. The minimum absolute atomic E-state index is 0.255. The maximum absolute atomic E-state index is 5.78. The molecule has 0 aliphatic carbocycles. The molecule has 2 aliphatic rings. The normalized spacial score (nSPS) is 31.6. The molecule has 2 unspecified atom stereocenters. The van der Waals surface area contributed by atoms with Crippen molar-refractivity contribution < 1.29 is 4.74 Å². The van der Waals surface area contributed by atoms with Crippen LogP contribution in [0.5, 0.6) is 5.75 Å². The minimum Gasteiger partial charge on any atom is -0.493 e. The molecule has 0 bridgehead atoms. The molecule has 1 saturated heterocycles. The van der Waals surface area contributed by atoms with Crippen molar-refractivity contribution in [2.75, 3.05) is 26.2 Å². The van der Waals surface area contributed by atoms with Crippen molar-refractivity contribution in [3.63, 3.8) is 0 Å². The molecule has 2 heterocycles. The Kier molecular flexibility index (Phi) is 3.50. The number of piperazine rings is 1. The first-order valence-electron chi connectivity index (χ1n) is 7.43. The average Bonchev–Trinajstić information content (AvgIpc) is 2.47. The fraction of sp³-hybridized carbons (Fsp3) is 0.625. The lowest BCUT2D eigenvalue weighted by Crippen LogP contribution is -2.59. The quantitative estimate of drug-likeness (QED) is 0.884. The summed E-state index contributed by atoms with van der Waals surface area (Å²) >= 11 is 0. The second-order valence-corrected chi connectivity index (χ2v) is 6.00. The van der Waals surface area contributed by atoms with Crippen LogP contribution in [-0.2, 0) is 0 Å². The van der Waals surface area contributed by atoms with Crippen LogP contribution < -0.4 is 10.1 Å². The van der Waals surface area contributed by atoms with Crippen LogP contribution in [0.3, 0.4) is 0 Å². The first kappa shape index (κ1) is 12.9. The average molecular weight is 260 g/mol. The van der Waals surface area contributed by atoms with Crippen LogP contribution in [0.1, 0.15) is 38.3 Å². The number of para-hydroxylation sites is 1. The summed E-state index contributed by atoms with van der Waals surface area (Å²) < 4.78 is 5.78. The summed E-state index contributed by atoms with van der Waals surface area (Å²) in [5.41, 5.74) is 1.62. The van der Waals surface area contributed by atoms with Crippen molar-refractivity contribution >= 4 is 0 Å². The third-order valence-electron chi connectivity index (χ3n) is 4.65. The topological polar surface area (TPSA) is 24.5 Å². The lowest BCUT2D eigenvalue weighted by molar-refractivity contribution is 0.0739. The van der Waals surface area contributed by atoms with Crippen LogP contribution in [0, 0.1) is 0 Å². The van der Waals surface area contributed by atoms with Crippen molar-refractivity contribution in [2.45, 2.75) is 38.3 Å². The highest BCUT2D eigenvalue weighted by Gasteiger charge is 2.34. The van der Waals surface area contributed by atoms with Gasteiger partial charge in [0.1, 0.15) is 5.75 Å². The van der Waals surface area contributed by atoms with E-state index in [2.05, 4.69) is 48.3 Å². The molecule has 1 aromatic rings. The summed E-state index contributed by atoms with van der Waals surface area (Å²) in [5, 5.41) is 3.67. The molecule has 104 valence electrons. The summed E-state index contributed by atoms with van der Waals surface area (Å²) in [7, 11) is 0. The minimum atomic E-state index is 0.255. The predicted octanol–water partition coefficient (Wildman–Crippen LogP) is 2.58. The molecule has 3 nitrogen and oxygen atoms in total. The molecule has 3 rings (SSSR count). The van der Waals surface area contributed by atoms with Gasteiger partial charge in [-0.05, 0) is 19.4 Å². The molecule has 2 atom stereocenters. The number of hydrogen-bond donors (Lipinski definition) is 1. The Morgan fingerprint density at radius 3 is 3.11 bits per heavy atom. The molecular formula is C16H24N2O. The van der Waals surface area contributed by atoms with Crippen molar-refractivity contribution in [1.82, 2.24) is 10.2 Å². The van der Waals surface area contributed by atoms with Crippen LogP contribution in [0.25, 0.3) is 0 Å². The molecule has 0 aromatic heterocycles. The summed E-state index contributed by atoms with van der Waals surface area (Å²) in [6.07, 6.45) is 2.28. The first-order valence-corrected chi connectivity index (χ1v) is 7.43. The van der Waals surface area contributed by atoms with E-state index in [1.54, 1.807) is 0 Å². The summed E-state index contributed by atoms with van der Waals surface area (Å²) in [6.45, 7) is 8.80. The molecule has 2 aliphatic heterocycles. The molecule has 1 aromatic carbocycles. The number of ether oxygens (including phenoxy) is 1. The van der Waals surface area contributed by atoms with Gasteiger partial charge in [0.15, 0.2) is 0 Å². The molecule has 0 spiro atoms. The molecule has 1 fully saturated rings. The van der Waals surface area contributed by atoms with Crippen LogP contribution in [0.2, 0.25) is 0 Å². The van der Waals surface area contributed by atoms with Gasteiger partial charge in [0.05, 0.1) is 6.61 Å². The Morgan fingerprint density at radius 1 is 1.42 bits per heavy atom. The van der Waals surface area contributed by atoms with E-state index in [0.717, 1.165) is 38.4 Å². The Morgan fingerprint density at radius 2 is 2.26 bits per heavy atom. The van der Waals surface area contributed by atoms with Gasteiger partial charge >= 0.3 is 0 Å². The summed E-state index contributed by atoms with van der Waals surface area (Å²) in [4.78, 5) is 2.64. The molecule has 19 heavy (non-hydrogen) atoms.